The number of rotatable bonds is 3. The quantitative estimate of drug-likeness (QED) is 0.922. The van der Waals surface area contributed by atoms with Crippen LogP contribution in [0.15, 0.2) is 46.9 Å². The maximum absolute atomic E-state index is 10.7. The first kappa shape index (κ1) is 12.6. The van der Waals surface area contributed by atoms with Crippen LogP contribution in [0.5, 0.6) is 11.5 Å². The first-order valence-corrected chi connectivity index (χ1v) is 6.13. The Morgan fingerprint density at radius 2 is 1.72 bits per heavy atom. The summed E-state index contributed by atoms with van der Waals surface area (Å²) in [6.07, 6.45) is 0. The highest BCUT2D eigenvalue weighted by atomic mass is 79.9. The molecule has 0 aliphatic carbocycles. The Morgan fingerprint density at radius 3 is 2.28 bits per heavy atom. The van der Waals surface area contributed by atoms with Crippen molar-refractivity contribution in [1.29, 1.82) is 0 Å². The maximum Gasteiger partial charge on any atom is 0.335 e. The summed E-state index contributed by atoms with van der Waals surface area (Å²) in [7, 11) is 0. The van der Waals surface area contributed by atoms with Crippen LogP contribution in [0.3, 0.4) is 0 Å². The van der Waals surface area contributed by atoms with Crippen molar-refractivity contribution in [3.05, 3.63) is 58.1 Å². The molecule has 0 atom stereocenters. The summed E-state index contributed by atoms with van der Waals surface area (Å²) < 4.78 is 6.66. The molecule has 2 rings (SSSR count). The number of carboxylic acids is 1. The molecule has 3 nitrogen and oxygen atoms in total. The number of carboxylic acid groups (broad SMARTS) is 1. The van der Waals surface area contributed by atoms with E-state index in [2.05, 4.69) is 15.9 Å². The van der Waals surface area contributed by atoms with Crippen LogP contribution in [0, 0.1) is 6.92 Å². The lowest BCUT2D eigenvalue weighted by Gasteiger charge is -2.07. The zero-order chi connectivity index (χ0) is 13.1. The fourth-order valence-corrected chi connectivity index (χ4v) is 1.73. The molecule has 4 heteroatoms. The van der Waals surface area contributed by atoms with E-state index in [0.717, 1.165) is 15.8 Å². The maximum atomic E-state index is 10.7. The van der Waals surface area contributed by atoms with Gasteiger partial charge in [0.25, 0.3) is 0 Å². The van der Waals surface area contributed by atoms with Gasteiger partial charge in [0.15, 0.2) is 0 Å². The molecule has 0 bridgehead atoms. The lowest BCUT2D eigenvalue weighted by Crippen LogP contribution is -1.95. The minimum absolute atomic E-state index is 0.245. The molecular weight excluding hydrogens is 296 g/mol. The van der Waals surface area contributed by atoms with Crippen LogP contribution in [0.2, 0.25) is 0 Å². The molecule has 92 valence electrons. The van der Waals surface area contributed by atoms with Crippen molar-refractivity contribution in [3.8, 4) is 11.5 Å². The van der Waals surface area contributed by atoms with Gasteiger partial charge in [0.1, 0.15) is 11.5 Å². The van der Waals surface area contributed by atoms with Crippen molar-refractivity contribution >= 4 is 21.9 Å². The van der Waals surface area contributed by atoms with Crippen LogP contribution in [-0.2, 0) is 0 Å². The monoisotopic (exact) mass is 306 g/mol. The van der Waals surface area contributed by atoms with Gasteiger partial charge >= 0.3 is 5.97 Å². The third kappa shape index (κ3) is 2.90. The summed E-state index contributed by atoms with van der Waals surface area (Å²) in [5.74, 6) is 0.390. The molecule has 0 aromatic heterocycles. The predicted molar refractivity (Wildman–Crippen MR) is 72.4 cm³/mol. The van der Waals surface area contributed by atoms with E-state index in [-0.39, 0.29) is 5.56 Å². The Bertz CT molecular complexity index is 576. The summed E-state index contributed by atoms with van der Waals surface area (Å²) in [6.45, 7) is 1.98. The zero-order valence-electron chi connectivity index (χ0n) is 9.68. The van der Waals surface area contributed by atoms with Gasteiger partial charge in [-0.2, -0.15) is 0 Å². The molecule has 0 saturated heterocycles. The third-order valence-corrected chi connectivity index (χ3v) is 3.36. The number of halogens is 1. The van der Waals surface area contributed by atoms with Crippen molar-refractivity contribution in [2.24, 2.45) is 0 Å². The molecule has 2 aromatic rings. The molecule has 0 amide bonds. The molecule has 0 saturated carbocycles. The average molecular weight is 307 g/mol. The molecule has 0 fully saturated rings. The van der Waals surface area contributed by atoms with E-state index < -0.39 is 5.97 Å². The second-order valence-corrected chi connectivity index (χ2v) is 4.70. The van der Waals surface area contributed by atoms with Crippen molar-refractivity contribution in [2.75, 3.05) is 0 Å². The molecule has 18 heavy (non-hydrogen) atoms. The lowest BCUT2D eigenvalue weighted by molar-refractivity contribution is 0.0697. The van der Waals surface area contributed by atoms with E-state index in [1.807, 2.05) is 25.1 Å². The van der Waals surface area contributed by atoms with Crippen molar-refractivity contribution < 1.29 is 14.6 Å². The minimum atomic E-state index is -0.943. The Balaban J connectivity index is 2.18. The van der Waals surface area contributed by atoms with Crippen LogP contribution >= 0.6 is 15.9 Å². The summed E-state index contributed by atoms with van der Waals surface area (Å²) in [5, 5.41) is 8.79. The van der Waals surface area contributed by atoms with Gasteiger partial charge in [-0.25, -0.2) is 4.79 Å². The summed E-state index contributed by atoms with van der Waals surface area (Å²) in [5.41, 5.74) is 1.32. The number of benzene rings is 2. The predicted octanol–water partition coefficient (Wildman–Crippen LogP) is 4.25. The molecule has 1 N–H and O–H groups in total. The second kappa shape index (κ2) is 5.23. The van der Waals surface area contributed by atoms with Crippen LogP contribution in [0.25, 0.3) is 0 Å². The van der Waals surface area contributed by atoms with Gasteiger partial charge in [0.2, 0.25) is 0 Å². The number of aromatic carboxylic acids is 1. The number of aryl methyl sites for hydroxylation is 1. The van der Waals surface area contributed by atoms with Gasteiger partial charge in [0.05, 0.1) is 5.56 Å². The van der Waals surface area contributed by atoms with Gasteiger partial charge in [0, 0.05) is 4.47 Å². The smallest absolute Gasteiger partial charge is 0.335 e. The number of hydrogen-bond acceptors (Lipinski definition) is 2. The van der Waals surface area contributed by atoms with Crippen LogP contribution in [0.4, 0.5) is 0 Å². The fraction of sp³-hybridized carbons (Fsp3) is 0.0714. The van der Waals surface area contributed by atoms with E-state index in [1.165, 1.54) is 12.1 Å². The van der Waals surface area contributed by atoms with E-state index in [0.29, 0.717) is 5.75 Å². The van der Waals surface area contributed by atoms with Crippen LogP contribution in [-0.4, -0.2) is 11.1 Å². The molecule has 0 radical (unpaired) electrons. The summed E-state index contributed by atoms with van der Waals surface area (Å²) in [4.78, 5) is 10.7. The van der Waals surface area contributed by atoms with Gasteiger partial charge in [-0.1, -0.05) is 15.9 Å². The number of hydrogen-bond donors (Lipinski definition) is 1. The highest BCUT2D eigenvalue weighted by Crippen LogP contribution is 2.26. The molecule has 0 aliphatic rings. The molecule has 2 aromatic carbocycles. The second-order valence-electron chi connectivity index (χ2n) is 3.84. The lowest BCUT2D eigenvalue weighted by atomic mass is 10.2. The highest BCUT2D eigenvalue weighted by molar-refractivity contribution is 9.10. The Morgan fingerprint density at radius 1 is 1.11 bits per heavy atom. The fourth-order valence-electron chi connectivity index (χ4n) is 1.48. The number of carbonyl (C=O) groups is 1. The van der Waals surface area contributed by atoms with Crippen LogP contribution < -0.4 is 4.74 Å². The summed E-state index contributed by atoms with van der Waals surface area (Å²) in [6, 6.07) is 12.0. The van der Waals surface area contributed by atoms with Crippen molar-refractivity contribution in [2.45, 2.75) is 6.92 Å². The van der Waals surface area contributed by atoms with Gasteiger partial charge < -0.3 is 9.84 Å². The molecule has 0 heterocycles. The van der Waals surface area contributed by atoms with Gasteiger partial charge in [-0.15, -0.1) is 0 Å². The Kier molecular flexibility index (Phi) is 3.67. The Labute approximate surface area is 113 Å². The third-order valence-electron chi connectivity index (χ3n) is 2.47. The first-order valence-electron chi connectivity index (χ1n) is 5.33. The van der Waals surface area contributed by atoms with Crippen molar-refractivity contribution in [3.63, 3.8) is 0 Å². The molecule has 0 spiro atoms. The largest absolute Gasteiger partial charge is 0.478 e. The molecular formula is C14H11BrO3. The van der Waals surface area contributed by atoms with Crippen molar-refractivity contribution in [1.82, 2.24) is 0 Å². The van der Waals surface area contributed by atoms with Crippen LogP contribution in [0.1, 0.15) is 15.9 Å². The Hall–Kier alpha value is -1.81. The van der Waals surface area contributed by atoms with E-state index in [4.69, 9.17) is 9.84 Å². The van der Waals surface area contributed by atoms with Gasteiger partial charge in [-0.05, 0) is 55.0 Å². The van der Waals surface area contributed by atoms with Gasteiger partial charge in [-0.3, -0.25) is 0 Å². The molecule has 0 unspecified atom stereocenters. The zero-order valence-corrected chi connectivity index (χ0v) is 11.3. The first-order chi connectivity index (χ1) is 8.56. The summed E-state index contributed by atoms with van der Waals surface area (Å²) >= 11 is 3.42. The van der Waals surface area contributed by atoms with E-state index in [9.17, 15) is 4.79 Å². The minimum Gasteiger partial charge on any atom is -0.478 e. The highest BCUT2D eigenvalue weighted by Gasteiger charge is 2.03. The standard InChI is InChI=1S/C14H11BrO3/c1-9-8-12(6-7-13(9)15)18-11-4-2-10(3-5-11)14(16)17/h2-8H,1H3,(H,16,17). The SMILES string of the molecule is Cc1cc(Oc2ccc(C(=O)O)cc2)ccc1Br. The average Bonchev–Trinajstić information content (AvgIpc) is 2.34. The molecule has 0 aliphatic heterocycles. The normalized spacial score (nSPS) is 10.1. The number of ether oxygens (including phenoxy) is 1. The topological polar surface area (TPSA) is 46.5 Å². The van der Waals surface area contributed by atoms with E-state index in [1.54, 1.807) is 12.1 Å². The van der Waals surface area contributed by atoms with E-state index >= 15 is 0 Å².